The van der Waals surface area contributed by atoms with Gasteiger partial charge in [-0.2, -0.15) is 10.2 Å². The number of aromatic nitrogens is 8. The molecule has 1 N–H and O–H groups in total. The number of benzene rings is 9. The van der Waals surface area contributed by atoms with E-state index in [-0.39, 0.29) is 40.7 Å². The summed E-state index contributed by atoms with van der Waals surface area (Å²) in [6.07, 6.45) is 21.6. The Kier molecular flexibility index (Phi) is 28.5. The van der Waals surface area contributed by atoms with Crippen LogP contribution in [-0.2, 0) is 26.2 Å². The van der Waals surface area contributed by atoms with Gasteiger partial charge in [-0.3, -0.25) is 14.5 Å². The van der Waals surface area contributed by atoms with E-state index in [0.717, 1.165) is 153 Å². The summed E-state index contributed by atoms with van der Waals surface area (Å²) in [6, 6.07) is 47.4. The maximum Gasteiger partial charge on any atom is 0.240 e. The van der Waals surface area contributed by atoms with E-state index in [1.807, 2.05) is 103 Å². The summed E-state index contributed by atoms with van der Waals surface area (Å²) in [5, 5.41) is 24.0. The summed E-state index contributed by atoms with van der Waals surface area (Å²) >= 11 is 0. The van der Waals surface area contributed by atoms with E-state index in [1.54, 1.807) is 60.9 Å². The highest BCUT2D eigenvalue weighted by molar-refractivity contribution is 5.87. The maximum atomic E-state index is 13.1. The number of nitrogens with one attached hydrogen (secondary N) is 1. The standard InChI is InChI=1S/C14H11F.2C13H16FN.C13H11F.C11H13FN2.C10H11FN2.C9H9FN2O/c1-2-3-4-11-5-6-12-7-8-14(15)10-13(12)9-11;1-3-4-7-15-9-10(2)12-6-5-11(14)8-13(12)15;1-2-3-4-8-15-9-7-11-5-6-12(14)10-13(11)15;1-2-3-10-4-5-11-6-7-13(14)9-12(11)8-10;1-2-3-6-14-11-7-10(12)5-4-9(11)8-13-14;1-2-5-13-10-6-9(11)4-3-8(10)7-12-13;1-2-13-9-7-5-6(10)3-4-8(7)11-12-9/h5-10H,2H2,1H3;5-6,8-9H,3-4,7H2,1-2H3;5-7,9-10H,2-4,8H2,1H3;2-9H,1H3;4-5,7-8H,2-3,6H2,1H3;3-4,6-7H,2,5H2,1H3;3-5H,2H2,1H3,(H,11,12)/b;;;3-2+;;;. The summed E-state index contributed by atoms with van der Waals surface area (Å²) in [5.41, 5.74) is 7.83. The predicted molar refractivity (Wildman–Crippen MR) is 394 cm³/mol. The van der Waals surface area contributed by atoms with Gasteiger partial charge in [0.1, 0.15) is 40.7 Å². The quantitative estimate of drug-likeness (QED) is 0.0630. The van der Waals surface area contributed by atoms with Crippen molar-refractivity contribution in [2.45, 2.75) is 139 Å². The third-order valence-corrected chi connectivity index (χ3v) is 16.1. The Labute approximate surface area is 575 Å². The molecule has 0 aliphatic heterocycles. The second-order valence-corrected chi connectivity index (χ2v) is 23.7. The smallest absolute Gasteiger partial charge is 0.240 e. The molecule has 0 aliphatic rings. The first-order chi connectivity index (χ1) is 48.0. The van der Waals surface area contributed by atoms with Gasteiger partial charge >= 0.3 is 0 Å². The highest BCUT2D eigenvalue weighted by atomic mass is 19.2. The molecule has 514 valence electrons. The van der Waals surface area contributed by atoms with E-state index in [1.165, 1.54) is 85.1 Å². The lowest BCUT2D eigenvalue weighted by molar-refractivity contribution is 0.330. The molecule has 0 spiro atoms. The number of hydrogen-bond donors (Lipinski definition) is 1. The van der Waals surface area contributed by atoms with Crippen molar-refractivity contribution in [1.82, 2.24) is 38.9 Å². The third-order valence-electron chi connectivity index (χ3n) is 16.1. The Hall–Kier alpha value is -10.4. The van der Waals surface area contributed by atoms with Crippen LogP contribution in [0.4, 0.5) is 30.7 Å². The highest BCUT2D eigenvalue weighted by Gasteiger charge is 2.10. The number of allylic oxidation sites excluding steroid dienone is 1. The predicted octanol–water partition coefficient (Wildman–Crippen LogP) is 23.3. The Bertz CT molecular complexity index is 4890. The minimum atomic E-state index is -0.283. The monoisotopic (exact) mass is 1340 g/mol. The highest BCUT2D eigenvalue weighted by Crippen LogP contribution is 2.26. The Morgan fingerprint density at radius 1 is 0.444 bits per heavy atom. The van der Waals surface area contributed by atoms with Crippen molar-refractivity contribution < 1.29 is 35.5 Å². The number of unbranched alkanes of at least 4 members (excludes halogenated alkanes) is 4. The molecule has 99 heavy (non-hydrogen) atoms. The number of H-pyrrole nitrogens is 1. The van der Waals surface area contributed by atoms with Crippen LogP contribution in [0.3, 0.4) is 0 Å². The number of ether oxygens (including phenoxy) is 1. The summed E-state index contributed by atoms with van der Waals surface area (Å²) in [5.74, 6) is 5.11. The van der Waals surface area contributed by atoms with Crippen LogP contribution in [0.5, 0.6) is 5.88 Å². The lowest BCUT2D eigenvalue weighted by Gasteiger charge is -2.04. The molecule has 0 unspecified atom stereocenters. The van der Waals surface area contributed by atoms with Gasteiger partial charge in [0.25, 0.3) is 0 Å². The van der Waals surface area contributed by atoms with Gasteiger partial charge in [0.15, 0.2) is 0 Å². The zero-order valence-corrected chi connectivity index (χ0v) is 57.7. The molecule has 0 atom stereocenters. The number of hydrogen-bond acceptors (Lipinski definition) is 4. The molecule has 0 fully saturated rings. The normalized spacial score (nSPS) is 10.8. The average molecular weight is 1350 g/mol. The minimum absolute atomic E-state index is 0.154. The molecule has 5 aromatic heterocycles. The van der Waals surface area contributed by atoms with Crippen LogP contribution in [0, 0.1) is 59.5 Å². The topological polar surface area (TPSA) is 83.4 Å². The average Bonchev–Trinajstić information content (AvgIpc) is 1.71. The zero-order chi connectivity index (χ0) is 70.6. The van der Waals surface area contributed by atoms with Crippen molar-refractivity contribution in [2.75, 3.05) is 6.61 Å². The number of fused-ring (bicyclic) bond motifs is 7. The molecule has 0 radical (unpaired) electrons. The van der Waals surface area contributed by atoms with Gasteiger partial charge < -0.3 is 13.9 Å². The van der Waals surface area contributed by atoms with Crippen LogP contribution < -0.4 is 4.74 Å². The Morgan fingerprint density at radius 3 is 1.57 bits per heavy atom. The van der Waals surface area contributed by atoms with Gasteiger partial charge in [-0.25, -0.2) is 30.7 Å². The van der Waals surface area contributed by atoms with Crippen LogP contribution in [0.2, 0.25) is 0 Å². The van der Waals surface area contributed by atoms with Crippen LogP contribution >= 0.6 is 0 Å². The van der Waals surface area contributed by atoms with Gasteiger partial charge in [-0.1, -0.05) is 115 Å². The molecule has 0 saturated heterocycles. The zero-order valence-electron chi connectivity index (χ0n) is 57.7. The van der Waals surface area contributed by atoms with Crippen molar-refractivity contribution in [3.8, 4) is 17.7 Å². The molecular weight excluding hydrogens is 1260 g/mol. The van der Waals surface area contributed by atoms with Gasteiger partial charge in [-0.05, 0) is 224 Å². The summed E-state index contributed by atoms with van der Waals surface area (Å²) < 4.78 is 104. The molecule has 14 aromatic rings. The maximum absolute atomic E-state index is 13.1. The number of rotatable bonds is 15. The number of nitrogens with zero attached hydrogens (tertiary/aromatic N) is 7. The fourth-order valence-electron chi connectivity index (χ4n) is 11.0. The van der Waals surface area contributed by atoms with E-state index in [9.17, 15) is 30.7 Å². The number of halogens is 7. The second-order valence-electron chi connectivity index (χ2n) is 23.7. The fraction of sp³-hybridized carbons (Fsp3) is 0.265. The molecule has 0 amide bonds. The molecule has 14 rings (SSSR count). The Balaban J connectivity index is 0.000000147. The first-order valence-electron chi connectivity index (χ1n) is 34.0. The largest absolute Gasteiger partial charge is 0.476 e. The first kappa shape index (κ1) is 74.4. The van der Waals surface area contributed by atoms with E-state index < -0.39 is 0 Å². The van der Waals surface area contributed by atoms with Crippen molar-refractivity contribution in [2.24, 2.45) is 0 Å². The van der Waals surface area contributed by atoms with Gasteiger partial charge in [-0.15, -0.1) is 5.10 Å². The molecule has 16 heteroatoms. The summed E-state index contributed by atoms with van der Waals surface area (Å²) in [4.78, 5) is 0. The number of aromatic amines is 1. The molecule has 9 aromatic carbocycles. The van der Waals surface area contributed by atoms with Gasteiger partial charge in [0.2, 0.25) is 5.88 Å². The molecule has 9 nitrogen and oxygen atoms in total. The summed E-state index contributed by atoms with van der Waals surface area (Å²) in [7, 11) is 0. The van der Waals surface area contributed by atoms with Gasteiger partial charge in [0.05, 0.1) is 52.0 Å². The van der Waals surface area contributed by atoms with E-state index in [0.29, 0.717) is 17.9 Å². The minimum Gasteiger partial charge on any atom is -0.476 e. The molecule has 5 heterocycles. The van der Waals surface area contributed by atoms with Crippen molar-refractivity contribution in [3.63, 3.8) is 0 Å². The van der Waals surface area contributed by atoms with Crippen molar-refractivity contribution in [1.29, 1.82) is 0 Å². The van der Waals surface area contributed by atoms with E-state index >= 15 is 0 Å². The van der Waals surface area contributed by atoms with Crippen molar-refractivity contribution >= 4 is 82.1 Å². The lowest BCUT2D eigenvalue weighted by Crippen LogP contribution is -1.99. The molecule has 0 aliphatic carbocycles. The second kappa shape index (κ2) is 37.9. The SMILES string of the molecule is C/C=C/c1ccc2ccc(F)cc2c1.CCC#Cc1ccc2ccc(F)cc2c1.CCCCCn1ccc2ccc(F)cc21.CCCCn1cc(C)c2ccc(F)cc21.CCCCn1ncc2ccc(F)cc21.CCCn1ncc2ccc(F)cc21.CCOc1n[nH]c2ccc(F)cc12. The van der Waals surface area contributed by atoms with E-state index in [2.05, 4.69) is 82.2 Å². The summed E-state index contributed by atoms with van der Waals surface area (Å²) in [6.45, 7) is 20.7. The van der Waals surface area contributed by atoms with Gasteiger partial charge in [0, 0.05) is 66.7 Å². The fourth-order valence-corrected chi connectivity index (χ4v) is 11.0. The third kappa shape index (κ3) is 21.5. The first-order valence-corrected chi connectivity index (χ1v) is 34.0. The van der Waals surface area contributed by atoms with Crippen LogP contribution in [0.1, 0.15) is 123 Å². The van der Waals surface area contributed by atoms with Crippen molar-refractivity contribution in [3.05, 3.63) is 258 Å². The van der Waals surface area contributed by atoms with Crippen LogP contribution in [-0.4, -0.2) is 45.5 Å². The van der Waals surface area contributed by atoms with Crippen LogP contribution in [0.15, 0.2) is 201 Å². The Morgan fingerprint density at radius 2 is 0.960 bits per heavy atom. The molecule has 0 saturated carbocycles. The van der Waals surface area contributed by atoms with Crippen LogP contribution in [0.25, 0.3) is 82.1 Å². The molecule has 0 bridgehead atoms. The molecular formula is C83H87F7N8O. The van der Waals surface area contributed by atoms with E-state index in [4.69, 9.17) is 4.74 Å². The lowest BCUT2D eigenvalue weighted by atomic mass is 10.1. The number of aryl methyl sites for hydroxylation is 5.